The Morgan fingerprint density at radius 2 is 1.83 bits per heavy atom. The van der Waals surface area contributed by atoms with E-state index in [0.29, 0.717) is 13.0 Å². The summed E-state index contributed by atoms with van der Waals surface area (Å²) in [6.45, 7) is 6.49. The van der Waals surface area contributed by atoms with Gasteiger partial charge in [0, 0.05) is 19.3 Å². The van der Waals surface area contributed by atoms with Crippen LogP contribution in [0.25, 0.3) is 0 Å². The standard InChI is InChI=1S/C17H27N3O3/c1-6-20(14-10-8-7-9-11-14)16(21)15(12-13(2)3)18-17(22)19(4)23-5/h7-11,13,15H,6,12H2,1-5H3,(H,18,22)/t15-/m0/s1. The van der Waals surface area contributed by atoms with Crippen LogP contribution in [0.5, 0.6) is 0 Å². The lowest BCUT2D eigenvalue weighted by Crippen LogP contribution is -2.52. The maximum atomic E-state index is 12.9. The Bertz CT molecular complexity index is 505. The summed E-state index contributed by atoms with van der Waals surface area (Å²) in [5.74, 6) is 0.150. The van der Waals surface area contributed by atoms with E-state index in [9.17, 15) is 9.59 Å². The van der Waals surface area contributed by atoms with Gasteiger partial charge in [0.2, 0.25) is 5.91 Å². The molecule has 128 valence electrons. The average molecular weight is 321 g/mol. The van der Waals surface area contributed by atoms with Crippen LogP contribution in [0, 0.1) is 5.92 Å². The molecule has 6 heteroatoms. The fraction of sp³-hybridized carbons (Fsp3) is 0.529. The lowest BCUT2D eigenvalue weighted by molar-refractivity contribution is -0.121. The molecule has 23 heavy (non-hydrogen) atoms. The number of nitrogens with one attached hydrogen (secondary N) is 1. The SMILES string of the molecule is CCN(C(=O)[C@H](CC(C)C)NC(=O)N(C)OC)c1ccccc1. The second-order valence-corrected chi connectivity index (χ2v) is 5.73. The highest BCUT2D eigenvalue weighted by molar-refractivity contribution is 5.98. The van der Waals surface area contributed by atoms with E-state index in [1.807, 2.05) is 51.1 Å². The first kappa shape index (κ1) is 19.0. The molecule has 1 N–H and O–H groups in total. The Labute approximate surface area is 138 Å². The van der Waals surface area contributed by atoms with Crippen LogP contribution in [0.3, 0.4) is 0 Å². The van der Waals surface area contributed by atoms with Crippen LogP contribution in [0.15, 0.2) is 30.3 Å². The number of carbonyl (C=O) groups excluding carboxylic acids is 2. The Kier molecular flexibility index (Phi) is 7.54. The van der Waals surface area contributed by atoms with Crippen molar-refractivity contribution in [1.82, 2.24) is 10.4 Å². The molecule has 0 aliphatic rings. The van der Waals surface area contributed by atoms with Crippen LogP contribution in [0.2, 0.25) is 0 Å². The third-order valence-corrected chi connectivity index (χ3v) is 3.51. The number of para-hydroxylation sites is 1. The number of benzene rings is 1. The van der Waals surface area contributed by atoms with E-state index in [4.69, 9.17) is 4.84 Å². The number of hydrogen-bond donors (Lipinski definition) is 1. The predicted molar refractivity (Wildman–Crippen MR) is 91.0 cm³/mol. The number of hydroxylamine groups is 2. The summed E-state index contributed by atoms with van der Waals surface area (Å²) in [7, 11) is 2.90. The molecule has 0 spiro atoms. The van der Waals surface area contributed by atoms with Crippen LogP contribution >= 0.6 is 0 Å². The Morgan fingerprint density at radius 3 is 2.30 bits per heavy atom. The molecule has 1 aromatic carbocycles. The van der Waals surface area contributed by atoms with E-state index in [-0.39, 0.29) is 11.8 Å². The van der Waals surface area contributed by atoms with Crippen LogP contribution in [0.4, 0.5) is 10.5 Å². The molecule has 0 unspecified atom stereocenters. The maximum Gasteiger partial charge on any atom is 0.341 e. The summed E-state index contributed by atoms with van der Waals surface area (Å²) in [4.78, 5) is 31.5. The zero-order valence-corrected chi connectivity index (χ0v) is 14.6. The average Bonchev–Trinajstić information content (AvgIpc) is 2.54. The summed E-state index contributed by atoms with van der Waals surface area (Å²) >= 11 is 0. The van der Waals surface area contributed by atoms with Gasteiger partial charge in [-0.2, -0.15) is 0 Å². The van der Waals surface area contributed by atoms with Crippen molar-refractivity contribution >= 4 is 17.6 Å². The van der Waals surface area contributed by atoms with Crippen molar-refractivity contribution in [2.24, 2.45) is 5.92 Å². The van der Waals surface area contributed by atoms with Crippen LogP contribution < -0.4 is 10.2 Å². The molecule has 0 aliphatic carbocycles. The molecule has 1 rings (SSSR count). The van der Waals surface area contributed by atoms with Crippen molar-refractivity contribution in [3.8, 4) is 0 Å². The van der Waals surface area contributed by atoms with Gasteiger partial charge in [0.05, 0.1) is 7.11 Å². The quantitative estimate of drug-likeness (QED) is 0.785. The van der Waals surface area contributed by atoms with Crippen molar-refractivity contribution in [2.75, 3.05) is 25.6 Å². The molecule has 0 aromatic heterocycles. The number of anilines is 1. The van der Waals surface area contributed by atoms with Gasteiger partial charge in [-0.25, -0.2) is 9.86 Å². The van der Waals surface area contributed by atoms with Gasteiger partial charge in [-0.15, -0.1) is 0 Å². The van der Waals surface area contributed by atoms with Crippen LogP contribution in [-0.2, 0) is 9.63 Å². The summed E-state index contributed by atoms with van der Waals surface area (Å²) in [6, 6.07) is 8.42. The molecule has 0 radical (unpaired) electrons. The van der Waals surface area contributed by atoms with Crippen molar-refractivity contribution < 1.29 is 14.4 Å². The van der Waals surface area contributed by atoms with Crippen molar-refractivity contribution in [1.29, 1.82) is 0 Å². The van der Waals surface area contributed by atoms with Gasteiger partial charge in [0.1, 0.15) is 6.04 Å². The molecule has 0 fully saturated rings. The summed E-state index contributed by atoms with van der Waals surface area (Å²) in [5, 5.41) is 3.82. The van der Waals surface area contributed by atoms with E-state index in [1.165, 1.54) is 14.2 Å². The first-order valence-corrected chi connectivity index (χ1v) is 7.85. The smallest absolute Gasteiger partial charge is 0.324 e. The van der Waals surface area contributed by atoms with Crippen molar-refractivity contribution in [2.45, 2.75) is 33.2 Å². The van der Waals surface area contributed by atoms with E-state index in [1.54, 1.807) is 4.90 Å². The minimum absolute atomic E-state index is 0.120. The van der Waals surface area contributed by atoms with E-state index >= 15 is 0 Å². The molecule has 0 saturated heterocycles. The largest absolute Gasteiger partial charge is 0.341 e. The van der Waals surface area contributed by atoms with Gasteiger partial charge in [-0.05, 0) is 31.4 Å². The van der Waals surface area contributed by atoms with Gasteiger partial charge >= 0.3 is 6.03 Å². The number of amides is 3. The monoisotopic (exact) mass is 321 g/mol. The summed E-state index contributed by atoms with van der Waals surface area (Å²) in [5.41, 5.74) is 0.822. The molecular weight excluding hydrogens is 294 g/mol. The second-order valence-electron chi connectivity index (χ2n) is 5.73. The van der Waals surface area contributed by atoms with Gasteiger partial charge < -0.3 is 10.2 Å². The minimum Gasteiger partial charge on any atom is -0.324 e. The van der Waals surface area contributed by atoms with Crippen LogP contribution in [-0.4, -0.2) is 43.7 Å². The maximum absolute atomic E-state index is 12.9. The first-order valence-electron chi connectivity index (χ1n) is 7.85. The first-order chi connectivity index (χ1) is 10.9. The lowest BCUT2D eigenvalue weighted by atomic mass is 10.0. The fourth-order valence-electron chi connectivity index (χ4n) is 2.28. The highest BCUT2D eigenvalue weighted by Gasteiger charge is 2.27. The fourth-order valence-corrected chi connectivity index (χ4v) is 2.28. The molecule has 1 atom stereocenters. The van der Waals surface area contributed by atoms with Gasteiger partial charge in [0.25, 0.3) is 0 Å². The third kappa shape index (κ3) is 5.56. The number of urea groups is 1. The van der Waals surface area contributed by atoms with Gasteiger partial charge in [-0.1, -0.05) is 32.0 Å². The molecule has 0 saturated carbocycles. The minimum atomic E-state index is -0.597. The highest BCUT2D eigenvalue weighted by atomic mass is 16.7. The third-order valence-electron chi connectivity index (χ3n) is 3.51. The predicted octanol–water partition coefficient (Wildman–Crippen LogP) is 2.66. The zero-order chi connectivity index (χ0) is 17.4. The molecule has 0 heterocycles. The number of rotatable bonds is 7. The Hall–Kier alpha value is -2.08. The van der Waals surface area contributed by atoms with Crippen molar-refractivity contribution in [3.63, 3.8) is 0 Å². The molecule has 6 nitrogen and oxygen atoms in total. The molecule has 1 aromatic rings. The van der Waals surface area contributed by atoms with Gasteiger partial charge in [0.15, 0.2) is 0 Å². The summed E-state index contributed by atoms with van der Waals surface area (Å²) < 4.78 is 0. The Balaban J connectivity index is 2.95. The van der Waals surface area contributed by atoms with E-state index in [2.05, 4.69) is 5.32 Å². The number of carbonyl (C=O) groups is 2. The number of likely N-dealkylation sites (N-methyl/N-ethyl adjacent to an activating group) is 1. The highest BCUT2D eigenvalue weighted by Crippen LogP contribution is 2.17. The number of hydrogen-bond acceptors (Lipinski definition) is 3. The summed E-state index contributed by atoms with van der Waals surface area (Å²) in [6.07, 6.45) is 0.561. The van der Waals surface area contributed by atoms with Crippen LogP contribution in [0.1, 0.15) is 27.2 Å². The molecule has 0 bridgehead atoms. The van der Waals surface area contributed by atoms with Gasteiger partial charge in [-0.3, -0.25) is 9.63 Å². The lowest BCUT2D eigenvalue weighted by Gasteiger charge is -2.29. The molecular formula is C17H27N3O3. The van der Waals surface area contributed by atoms with E-state index < -0.39 is 12.1 Å². The number of nitrogens with zero attached hydrogens (tertiary/aromatic N) is 2. The van der Waals surface area contributed by atoms with Crippen molar-refractivity contribution in [3.05, 3.63) is 30.3 Å². The molecule has 0 aliphatic heterocycles. The molecule has 3 amide bonds. The normalized spacial score (nSPS) is 11.9. The topological polar surface area (TPSA) is 61.9 Å². The Morgan fingerprint density at radius 1 is 1.22 bits per heavy atom. The van der Waals surface area contributed by atoms with E-state index in [0.717, 1.165) is 10.8 Å². The second kappa shape index (κ2) is 9.15. The zero-order valence-electron chi connectivity index (χ0n) is 14.6.